The minimum Gasteiger partial charge on any atom is -0.459 e. The molecule has 94 valence electrons. The molecule has 1 saturated heterocycles. The lowest BCUT2D eigenvalue weighted by molar-refractivity contribution is 0.0646. The van der Waals surface area contributed by atoms with E-state index in [1.54, 1.807) is 18.4 Å². The fourth-order valence-corrected chi connectivity index (χ4v) is 2.39. The van der Waals surface area contributed by atoms with Crippen LogP contribution in [0.25, 0.3) is 0 Å². The number of carbonyl (C=O) groups is 1. The van der Waals surface area contributed by atoms with Gasteiger partial charge in [-0.3, -0.25) is 4.79 Å². The van der Waals surface area contributed by atoms with Crippen molar-refractivity contribution in [1.29, 1.82) is 0 Å². The molecule has 2 rings (SSSR count). The summed E-state index contributed by atoms with van der Waals surface area (Å²) in [6, 6.07) is 3.49. The molecule has 0 spiro atoms. The summed E-state index contributed by atoms with van der Waals surface area (Å²) in [6.45, 7) is 2.80. The lowest BCUT2D eigenvalue weighted by Crippen LogP contribution is -2.40. The monoisotopic (exact) mass is 236 g/mol. The number of nitrogens with zero attached hydrogens (tertiary/aromatic N) is 2. The van der Waals surface area contributed by atoms with Crippen molar-refractivity contribution in [3.05, 3.63) is 24.2 Å². The average molecular weight is 236 g/mol. The molecular weight excluding hydrogens is 216 g/mol. The molecular formula is C13H20N2O2. The standard InChI is InChI=1S/C13H20N2O2/c1-14(2)10-11-5-7-15(8-6-11)13(16)12-4-3-9-17-12/h3-4,9,11H,5-8,10H2,1-2H3. The van der Waals surface area contributed by atoms with Gasteiger partial charge in [-0.05, 0) is 45.0 Å². The number of piperidine rings is 1. The fourth-order valence-electron chi connectivity index (χ4n) is 2.39. The zero-order chi connectivity index (χ0) is 12.3. The zero-order valence-electron chi connectivity index (χ0n) is 10.6. The molecule has 1 aromatic heterocycles. The second kappa shape index (κ2) is 5.36. The van der Waals surface area contributed by atoms with Crippen molar-refractivity contribution in [1.82, 2.24) is 9.80 Å². The molecule has 1 aromatic rings. The van der Waals surface area contributed by atoms with Crippen LogP contribution in [0.1, 0.15) is 23.4 Å². The molecule has 2 heterocycles. The Morgan fingerprint density at radius 3 is 2.71 bits per heavy atom. The summed E-state index contributed by atoms with van der Waals surface area (Å²) >= 11 is 0. The maximum Gasteiger partial charge on any atom is 0.289 e. The fraction of sp³-hybridized carbons (Fsp3) is 0.615. The van der Waals surface area contributed by atoms with Crippen LogP contribution in [0.5, 0.6) is 0 Å². The van der Waals surface area contributed by atoms with Gasteiger partial charge in [0.1, 0.15) is 0 Å². The molecule has 0 bridgehead atoms. The smallest absolute Gasteiger partial charge is 0.289 e. The van der Waals surface area contributed by atoms with Gasteiger partial charge in [-0.15, -0.1) is 0 Å². The number of rotatable bonds is 3. The first-order chi connectivity index (χ1) is 8.16. The van der Waals surface area contributed by atoms with E-state index in [1.807, 2.05) is 4.90 Å². The lowest BCUT2D eigenvalue weighted by atomic mass is 9.96. The van der Waals surface area contributed by atoms with Gasteiger partial charge in [0.2, 0.25) is 0 Å². The summed E-state index contributed by atoms with van der Waals surface area (Å²) in [5, 5.41) is 0. The molecule has 1 aliphatic rings. The second-order valence-corrected chi connectivity index (χ2v) is 4.98. The Labute approximate surface area is 102 Å². The van der Waals surface area contributed by atoms with E-state index in [4.69, 9.17) is 4.42 Å². The van der Waals surface area contributed by atoms with Gasteiger partial charge in [-0.25, -0.2) is 0 Å². The normalized spacial score (nSPS) is 17.7. The summed E-state index contributed by atoms with van der Waals surface area (Å²) < 4.78 is 5.14. The largest absolute Gasteiger partial charge is 0.459 e. The highest BCUT2D eigenvalue weighted by Crippen LogP contribution is 2.19. The summed E-state index contributed by atoms with van der Waals surface area (Å²) in [5.74, 6) is 1.19. The first kappa shape index (κ1) is 12.2. The molecule has 0 N–H and O–H groups in total. The van der Waals surface area contributed by atoms with Gasteiger partial charge in [-0.1, -0.05) is 0 Å². The highest BCUT2D eigenvalue weighted by atomic mass is 16.3. The van der Waals surface area contributed by atoms with Gasteiger partial charge in [0.05, 0.1) is 6.26 Å². The molecule has 0 atom stereocenters. The third kappa shape index (κ3) is 3.09. The number of hydrogen-bond acceptors (Lipinski definition) is 3. The van der Waals surface area contributed by atoms with E-state index in [2.05, 4.69) is 19.0 Å². The van der Waals surface area contributed by atoms with Crippen LogP contribution in [0.15, 0.2) is 22.8 Å². The van der Waals surface area contributed by atoms with Gasteiger partial charge in [0, 0.05) is 19.6 Å². The average Bonchev–Trinajstić information content (AvgIpc) is 2.82. The molecule has 1 fully saturated rings. The Morgan fingerprint density at radius 1 is 1.47 bits per heavy atom. The second-order valence-electron chi connectivity index (χ2n) is 4.98. The van der Waals surface area contributed by atoms with E-state index < -0.39 is 0 Å². The summed E-state index contributed by atoms with van der Waals surface area (Å²) in [6.07, 6.45) is 3.72. The molecule has 0 aliphatic carbocycles. The van der Waals surface area contributed by atoms with Crippen molar-refractivity contribution in [2.45, 2.75) is 12.8 Å². The number of likely N-dealkylation sites (tertiary alicyclic amines) is 1. The van der Waals surface area contributed by atoms with E-state index in [1.165, 1.54) is 0 Å². The first-order valence-corrected chi connectivity index (χ1v) is 6.14. The third-order valence-corrected chi connectivity index (χ3v) is 3.26. The van der Waals surface area contributed by atoms with Crippen LogP contribution in [0.3, 0.4) is 0 Å². The summed E-state index contributed by atoms with van der Waals surface area (Å²) in [4.78, 5) is 16.1. The van der Waals surface area contributed by atoms with Crippen molar-refractivity contribution < 1.29 is 9.21 Å². The van der Waals surface area contributed by atoms with Crippen LogP contribution in [0.2, 0.25) is 0 Å². The highest BCUT2D eigenvalue weighted by molar-refractivity contribution is 5.91. The number of hydrogen-bond donors (Lipinski definition) is 0. The van der Waals surface area contributed by atoms with Crippen molar-refractivity contribution in [3.8, 4) is 0 Å². The third-order valence-electron chi connectivity index (χ3n) is 3.26. The maximum absolute atomic E-state index is 12.0. The number of amides is 1. The summed E-state index contributed by atoms with van der Waals surface area (Å²) in [5.41, 5.74) is 0. The minimum atomic E-state index is 0.0262. The van der Waals surface area contributed by atoms with Gasteiger partial charge in [-0.2, -0.15) is 0 Å². The highest BCUT2D eigenvalue weighted by Gasteiger charge is 2.24. The van der Waals surface area contributed by atoms with E-state index in [-0.39, 0.29) is 5.91 Å². The van der Waals surface area contributed by atoms with Gasteiger partial charge in [0.25, 0.3) is 5.91 Å². The molecule has 0 radical (unpaired) electrons. The van der Waals surface area contributed by atoms with Crippen molar-refractivity contribution >= 4 is 5.91 Å². The molecule has 4 heteroatoms. The molecule has 0 unspecified atom stereocenters. The van der Waals surface area contributed by atoms with Crippen molar-refractivity contribution in [3.63, 3.8) is 0 Å². The Morgan fingerprint density at radius 2 is 2.18 bits per heavy atom. The zero-order valence-corrected chi connectivity index (χ0v) is 10.6. The lowest BCUT2D eigenvalue weighted by Gasteiger charge is -2.32. The van der Waals surface area contributed by atoms with Crippen LogP contribution in [-0.4, -0.2) is 49.4 Å². The minimum absolute atomic E-state index is 0.0262. The molecule has 1 amide bonds. The van der Waals surface area contributed by atoms with Gasteiger partial charge in [0.15, 0.2) is 5.76 Å². The van der Waals surface area contributed by atoms with Crippen LogP contribution in [0.4, 0.5) is 0 Å². The van der Waals surface area contributed by atoms with E-state index in [0.29, 0.717) is 11.7 Å². The quantitative estimate of drug-likeness (QED) is 0.801. The predicted molar refractivity (Wildman–Crippen MR) is 65.9 cm³/mol. The maximum atomic E-state index is 12.0. The molecule has 0 aromatic carbocycles. The van der Waals surface area contributed by atoms with E-state index in [9.17, 15) is 4.79 Å². The Kier molecular flexibility index (Phi) is 3.84. The molecule has 17 heavy (non-hydrogen) atoms. The van der Waals surface area contributed by atoms with Crippen molar-refractivity contribution in [2.75, 3.05) is 33.7 Å². The van der Waals surface area contributed by atoms with Crippen LogP contribution < -0.4 is 0 Å². The Hall–Kier alpha value is -1.29. The Balaban J connectivity index is 1.85. The van der Waals surface area contributed by atoms with Crippen LogP contribution in [0, 0.1) is 5.92 Å². The summed E-state index contributed by atoms with van der Waals surface area (Å²) in [7, 11) is 4.20. The van der Waals surface area contributed by atoms with Crippen molar-refractivity contribution in [2.24, 2.45) is 5.92 Å². The van der Waals surface area contributed by atoms with Gasteiger partial charge >= 0.3 is 0 Å². The molecule has 4 nitrogen and oxygen atoms in total. The SMILES string of the molecule is CN(C)CC1CCN(C(=O)c2ccco2)CC1. The molecule has 0 saturated carbocycles. The van der Waals surface area contributed by atoms with Crippen LogP contribution in [-0.2, 0) is 0 Å². The van der Waals surface area contributed by atoms with E-state index in [0.717, 1.165) is 32.5 Å². The topological polar surface area (TPSA) is 36.7 Å². The van der Waals surface area contributed by atoms with E-state index >= 15 is 0 Å². The Bertz CT molecular complexity index is 352. The predicted octanol–water partition coefficient (Wildman–Crippen LogP) is 1.69. The number of carbonyl (C=O) groups excluding carboxylic acids is 1. The molecule has 1 aliphatic heterocycles. The first-order valence-electron chi connectivity index (χ1n) is 6.14. The van der Waals surface area contributed by atoms with Gasteiger partial charge < -0.3 is 14.2 Å². The van der Waals surface area contributed by atoms with Crippen LogP contribution >= 0.6 is 0 Å². The number of furan rings is 1.